The van der Waals surface area contributed by atoms with Gasteiger partial charge in [0.15, 0.2) is 0 Å². The fraction of sp³-hybridized carbons (Fsp3) is 0.615. The summed E-state index contributed by atoms with van der Waals surface area (Å²) in [7, 11) is 0. The number of hydrogen-bond donors (Lipinski definition) is 2. The largest absolute Gasteiger partial charge is 0.396 e. The number of aliphatic hydroxyl groups is 1. The van der Waals surface area contributed by atoms with Crippen molar-refractivity contribution in [3.63, 3.8) is 0 Å². The number of pyridine rings is 1. The van der Waals surface area contributed by atoms with Crippen molar-refractivity contribution in [1.29, 1.82) is 0 Å². The maximum absolute atomic E-state index is 8.90. The molecule has 0 radical (unpaired) electrons. The van der Waals surface area contributed by atoms with E-state index in [1.165, 1.54) is 5.56 Å². The Morgan fingerprint density at radius 3 is 2.50 bits per heavy atom. The molecule has 0 saturated carbocycles. The SMILES string of the molecule is CC(CO)CNc1ccc(C(C)(C)C)cn1. The predicted molar refractivity (Wildman–Crippen MR) is 67.7 cm³/mol. The second kappa shape index (κ2) is 5.30. The van der Waals surface area contributed by atoms with Gasteiger partial charge in [-0.25, -0.2) is 4.98 Å². The maximum Gasteiger partial charge on any atom is 0.125 e. The van der Waals surface area contributed by atoms with E-state index in [-0.39, 0.29) is 17.9 Å². The zero-order valence-electron chi connectivity index (χ0n) is 10.6. The van der Waals surface area contributed by atoms with Crippen LogP contribution in [0.25, 0.3) is 0 Å². The van der Waals surface area contributed by atoms with Gasteiger partial charge >= 0.3 is 0 Å². The molecule has 0 aromatic carbocycles. The topological polar surface area (TPSA) is 45.1 Å². The Morgan fingerprint density at radius 2 is 2.06 bits per heavy atom. The van der Waals surface area contributed by atoms with Crippen molar-refractivity contribution in [3.05, 3.63) is 23.9 Å². The molecule has 0 bridgehead atoms. The molecule has 1 unspecified atom stereocenters. The molecule has 0 saturated heterocycles. The lowest BCUT2D eigenvalue weighted by molar-refractivity contribution is 0.244. The van der Waals surface area contributed by atoms with Crippen LogP contribution in [0, 0.1) is 5.92 Å². The molecule has 0 fully saturated rings. The molecule has 2 N–H and O–H groups in total. The van der Waals surface area contributed by atoms with Crippen molar-refractivity contribution >= 4 is 5.82 Å². The first kappa shape index (κ1) is 13.0. The van der Waals surface area contributed by atoms with E-state index in [0.29, 0.717) is 0 Å². The molecule has 1 atom stereocenters. The van der Waals surface area contributed by atoms with E-state index in [2.05, 4.69) is 37.1 Å². The number of anilines is 1. The van der Waals surface area contributed by atoms with Crippen LogP contribution in [0.4, 0.5) is 5.82 Å². The Kier molecular flexibility index (Phi) is 4.30. The summed E-state index contributed by atoms with van der Waals surface area (Å²) in [6, 6.07) is 4.09. The molecular formula is C13H22N2O. The van der Waals surface area contributed by atoms with E-state index < -0.39 is 0 Å². The van der Waals surface area contributed by atoms with Crippen molar-refractivity contribution in [2.75, 3.05) is 18.5 Å². The highest BCUT2D eigenvalue weighted by molar-refractivity contribution is 5.37. The van der Waals surface area contributed by atoms with Crippen molar-refractivity contribution in [2.24, 2.45) is 5.92 Å². The van der Waals surface area contributed by atoms with Crippen LogP contribution in [-0.4, -0.2) is 23.2 Å². The third-order valence-corrected chi connectivity index (χ3v) is 2.57. The van der Waals surface area contributed by atoms with E-state index in [1.807, 2.05) is 19.2 Å². The van der Waals surface area contributed by atoms with Crippen LogP contribution in [-0.2, 0) is 5.41 Å². The van der Waals surface area contributed by atoms with Crippen LogP contribution in [0.5, 0.6) is 0 Å². The molecule has 3 nitrogen and oxygen atoms in total. The van der Waals surface area contributed by atoms with Crippen LogP contribution < -0.4 is 5.32 Å². The number of nitrogens with one attached hydrogen (secondary N) is 1. The highest BCUT2D eigenvalue weighted by Crippen LogP contribution is 2.21. The number of nitrogens with zero attached hydrogens (tertiary/aromatic N) is 1. The standard InChI is InChI=1S/C13H22N2O/c1-10(9-16)7-14-12-6-5-11(8-15-12)13(2,3)4/h5-6,8,10,16H,7,9H2,1-4H3,(H,14,15). The molecule has 0 spiro atoms. The van der Waals surface area contributed by atoms with Gasteiger partial charge in [-0.05, 0) is 23.0 Å². The lowest BCUT2D eigenvalue weighted by Gasteiger charge is -2.18. The minimum atomic E-state index is 0.143. The van der Waals surface area contributed by atoms with Crippen molar-refractivity contribution < 1.29 is 5.11 Å². The smallest absolute Gasteiger partial charge is 0.125 e. The highest BCUT2D eigenvalue weighted by atomic mass is 16.3. The molecule has 0 aliphatic rings. The van der Waals surface area contributed by atoms with E-state index in [9.17, 15) is 0 Å². The number of rotatable bonds is 4. The summed E-state index contributed by atoms with van der Waals surface area (Å²) in [6.07, 6.45) is 1.91. The Bertz CT molecular complexity index is 314. The number of hydrogen-bond acceptors (Lipinski definition) is 3. The first-order chi connectivity index (χ1) is 7.43. The second-order valence-electron chi connectivity index (χ2n) is 5.35. The van der Waals surface area contributed by atoms with Gasteiger partial charge in [-0.1, -0.05) is 33.8 Å². The van der Waals surface area contributed by atoms with Gasteiger partial charge in [-0.2, -0.15) is 0 Å². The second-order valence-corrected chi connectivity index (χ2v) is 5.35. The van der Waals surface area contributed by atoms with Crippen molar-refractivity contribution in [1.82, 2.24) is 4.98 Å². The molecule has 1 rings (SSSR count). The normalized spacial score (nSPS) is 13.6. The van der Waals surface area contributed by atoms with Gasteiger partial charge in [0.2, 0.25) is 0 Å². The fourth-order valence-electron chi connectivity index (χ4n) is 1.29. The van der Waals surface area contributed by atoms with Crippen LogP contribution in [0.15, 0.2) is 18.3 Å². The average Bonchev–Trinajstić information content (AvgIpc) is 2.25. The van der Waals surface area contributed by atoms with E-state index >= 15 is 0 Å². The summed E-state index contributed by atoms with van der Waals surface area (Å²) in [5.74, 6) is 1.12. The summed E-state index contributed by atoms with van der Waals surface area (Å²) in [5, 5.41) is 12.1. The van der Waals surface area contributed by atoms with Crippen LogP contribution in [0.1, 0.15) is 33.3 Å². The zero-order valence-corrected chi connectivity index (χ0v) is 10.6. The van der Waals surface area contributed by atoms with Crippen LogP contribution in [0.2, 0.25) is 0 Å². The fourth-order valence-corrected chi connectivity index (χ4v) is 1.29. The van der Waals surface area contributed by atoms with Gasteiger partial charge in [0.1, 0.15) is 5.82 Å². The number of aromatic nitrogens is 1. The first-order valence-corrected chi connectivity index (χ1v) is 5.74. The van der Waals surface area contributed by atoms with Crippen LogP contribution in [0.3, 0.4) is 0 Å². The van der Waals surface area contributed by atoms with E-state index in [1.54, 1.807) is 0 Å². The van der Waals surface area contributed by atoms with Gasteiger partial charge in [-0.3, -0.25) is 0 Å². The predicted octanol–water partition coefficient (Wildman–Crippen LogP) is 2.42. The van der Waals surface area contributed by atoms with Crippen molar-refractivity contribution in [3.8, 4) is 0 Å². The monoisotopic (exact) mass is 222 g/mol. The van der Waals surface area contributed by atoms with E-state index in [0.717, 1.165) is 12.4 Å². The Hall–Kier alpha value is -1.09. The van der Waals surface area contributed by atoms with E-state index in [4.69, 9.17) is 5.11 Å². The van der Waals surface area contributed by atoms with Gasteiger partial charge in [-0.15, -0.1) is 0 Å². The first-order valence-electron chi connectivity index (χ1n) is 5.74. The zero-order chi connectivity index (χ0) is 12.2. The lowest BCUT2D eigenvalue weighted by Crippen LogP contribution is -2.16. The molecule has 1 heterocycles. The van der Waals surface area contributed by atoms with Gasteiger partial charge in [0.25, 0.3) is 0 Å². The minimum absolute atomic E-state index is 0.143. The average molecular weight is 222 g/mol. The lowest BCUT2D eigenvalue weighted by atomic mass is 9.88. The Morgan fingerprint density at radius 1 is 1.38 bits per heavy atom. The summed E-state index contributed by atoms with van der Waals surface area (Å²) < 4.78 is 0. The third kappa shape index (κ3) is 3.81. The summed E-state index contributed by atoms with van der Waals surface area (Å²) in [4.78, 5) is 4.36. The van der Waals surface area contributed by atoms with Gasteiger partial charge < -0.3 is 10.4 Å². The third-order valence-electron chi connectivity index (χ3n) is 2.57. The number of aliphatic hydroxyl groups excluding tert-OH is 1. The Balaban J connectivity index is 2.58. The summed E-state index contributed by atoms with van der Waals surface area (Å²) >= 11 is 0. The van der Waals surface area contributed by atoms with Gasteiger partial charge in [0.05, 0.1) is 0 Å². The molecule has 0 aliphatic carbocycles. The van der Waals surface area contributed by atoms with Crippen LogP contribution >= 0.6 is 0 Å². The molecule has 16 heavy (non-hydrogen) atoms. The molecule has 1 aromatic heterocycles. The molecular weight excluding hydrogens is 200 g/mol. The molecule has 3 heteroatoms. The molecule has 0 aliphatic heterocycles. The Labute approximate surface area is 97.9 Å². The summed E-state index contributed by atoms with van der Waals surface area (Å²) in [5.41, 5.74) is 1.37. The summed E-state index contributed by atoms with van der Waals surface area (Å²) in [6.45, 7) is 9.46. The van der Waals surface area contributed by atoms with Gasteiger partial charge in [0, 0.05) is 19.3 Å². The molecule has 90 valence electrons. The maximum atomic E-state index is 8.90. The quantitative estimate of drug-likeness (QED) is 0.822. The molecule has 0 amide bonds. The minimum Gasteiger partial charge on any atom is -0.396 e. The molecule has 1 aromatic rings. The highest BCUT2D eigenvalue weighted by Gasteiger charge is 2.13. The van der Waals surface area contributed by atoms with Crippen molar-refractivity contribution in [2.45, 2.75) is 33.1 Å².